The van der Waals surface area contributed by atoms with Crippen LogP contribution in [-0.4, -0.2) is 11.2 Å². The summed E-state index contributed by atoms with van der Waals surface area (Å²) >= 11 is 1.68. The monoisotopic (exact) mass is 288 g/mol. The van der Waals surface area contributed by atoms with Crippen LogP contribution in [0.25, 0.3) is 0 Å². The SMILES string of the molecule is CSc1cccc(NCc2ccc(C)c([N+](=O)[O-])c2)c1. The highest BCUT2D eigenvalue weighted by molar-refractivity contribution is 7.98. The molecule has 0 aliphatic rings. The molecule has 0 aliphatic heterocycles. The van der Waals surface area contributed by atoms with Crippen LogP contribution in [0.4, 0.5) is 11.4 Å². The van der Waals surface area contributed by atoms with Crippen molar-refractivity contribution in [3.8, 4) is 0 Å². The number of thioether (sulfide) groups is 1. The first kappa shape index (κ1) is 14.4. The predicted octanol–water partition coefficient (Wildman–Crippen LogP) is 4.24. The Balaban J connectivity index is 2.10. The number of hydrogen-bond acceptors (Lipinski definition) is 4. The van der Waals surface area contributed by atoms with Crippen molar-refractivity contribution in [1.29, 1.82) is 0 Å². The normalized spacial score (nSPS) is 10.3. The van der Waals surface area contributed by atoms with Gasteiger partial charge in [-0.1, -0.05) is 18.2 Å². The van der Waals surface area contributed by atoms with Crippen molar-refractivity contribution in [2.75, 3.05) is 11.6 Å². The van der Waals surface area contributed by atoms with Crippen molar-refractivity contribution in [2.24, 2.45) is 0 Å². The standard InChI is InChI=1S/C15H16N2O2S/c1-11-6-7-12(8-15(11)17(18)19)10-16-13-4-3-5-14(9-13)20-2/h3-9,16H,10H2,1-2H3. The van der Waals surface area contributed by atoms with Crippen LogP contribution in [0.2, 0.25) is 0 Å². The summed E-state index contributed by atoms with van der Waals surface area (Å²) < 4.78 is 0. The van der Waals surface area contributed by atoms with Gasteiger partial charge in [0.25, 0.3) is 5.69 Å². The van der Waals surface area contributed by atoms with Crippen LogP contribution < -0.4 is 5.32 Å². The number of nitro groups is 1. The summed E-state index contributed by atoms with van der Waals surface area (Å²) in [6, 6.07) is 13.4. The number of hydrogen-bond donors (Lipinski definition) is 1. The van der Waals surface area contributed by atoms with Crippen molar-refractivity contribution in [1.82, 2.24) is 0 Å². The maximum Gasteiger partial charge on any atom is 0.272 e. The van der Waals surface area contributed by atoms with Gasteiger partial charge in [0.05, 0.1) is 4.92 Å². The van der Waals surface area contributed by atoms with Crippen molar-refractivity contribution in [2.45, 2.75) is 18.4 Å². The Morgan fingerprint density at radius 2 is 2.05 bits per heavy atom. The lowest BCUT2D eigenvalue weighted by Gasteiger charge is -2.08. The minimum atomic E-state index is -0.340. The summed E-state index contributed by atoms with van der Waals surface area (Å²) in [5.41, 5.74) is 2.77. The Bertz CT molecular complexity index is 629. The number of benzene rings is 2. The van der Waals surface area contributed by atoms with Gasteiger partial charge in [0.2, 0.25) is 0 Å². The molecule has 0 spiro atoms. The maximum atomic E-state index is 10.9. The summed E-state index contributed by atoms with van der Waals surface area (Å²) in [7, 11) is 0. The van der Waals surface area contributed by atoms with E-state index in [-0.39, 0.29) is 10.6 Å². The molecule has 0 aromatic heterocycles. The van der Waals surface area contributed by atoms with E-state index < -0.39 is 0 Å². The third-order valence-electron chi connectivity index (χ3n) is 3.04. The van der Waals surface area contributed by atoms with E-state index in [1.54, 1.807) is 30.8 Å². The zero-order valence-electron chi connectivity index (χ0n) is 11.4. The summed E-state index contributed by atoms with van der Waals surface area (Å²) in [5, 5.41) is 14.2. The van der Waals surface area contributed by atoms with E-state index in [9.17, 15) is 10.1 Å². The number of nitrogens with one attached hydrogen (secondary N) is 1. The van der Waals surface area contributed by atoms with Gasteiger partial charge in [-0.3, -0.25) is 10.1 Å². The molecule has 20 heavy (non-hydrogen) atoms. The van der Waals surface area contributed by atoms with Gasteiger partial charge < -0.3 is 5.32 Å². The minimum absolute atomic E-state index is 0.169. The fourth-order valence-electron chi connectivity index (χ4n) is 1.90. The van der Waals surface area contributed by atoms with Crippen molar-refractivity contribution >= 4 is 23.1 Å². The molecular weight excluding hydrogens is 272 g/mol. The zero-order chi connectivity index (χ0) is 14.5. The van der Waals surface area contributed by atoms with Gasteiger partial charge in [-0.2, -0.15) is 0 Å². The van der Waals surface area contributed by atoms with E-state index in [1.807, 2.05) is 30.5 Å². The van der Waals surface area contributed by atoms with E-state index in [2.05, 4.69) is 11.4 Å². The molecule has 0 saturated carbocycles. The topological polar surface area (TPSA) is 55.2 Å². The Morgan fingerprint density at radius 1 is 1.25 bits per heavy atom. The average molecular weight is 288 g/mol. The largest absolute Gasteiger partial charge is 0.381 e. The lowest BCUT2D eigenvalue weighted by atomic mass is 10.1. The second-order valence-corrected chi connectivity index (χ2v) is 5.34. The molecule has 0 aliphatic carbocycles. The Morgan fingerprint density at radius 3 is 2.75 bits per heavy atom. The van der Waals surface area contributed by atoms with E-state index in [0.29, 0.717) is 12.1 Å². The molecule has 0 radical (unpaired) electrons. The van der Waals surface area contributed by atoms with Gasteiger partial charge in [0.15, 0.2) is 0 Å². The van der Waals surface area contributed by atoms with Crippen LogP contribution in [0.1, 0.15) is 11.1 Å². The molecule has 104 valence electrons. The number of nitrogens with zero attached hydrogens (tertiary/aromatic N) is 1. The average Bonchev–Trinajstić information content (AvgIpc) is 2.46. The summed E-state index contributed by atoms with van der Waals surface area (Å²) in [5.74, 6) is 0. The zero-order valence-corrected chi connectivity index (χ0v) is 12.2. The summed E-state index contributed by atoms with van der Waals surface area (Å²) in [6.07, 6.45) is 2.03. The van der Waals surface area contributed by atoms with Gasteiger partial charge in [0.1, 0.15) is 0 Å². The van der Waals surface area contributed by atoms with Crippen LogP contribution in [0, 0.1) is 17.0 Å². The molecule has 0 fully saturated rings. The molecule has 0 saturated heterocycles. The Kier molecular flexibility index (Phi) is 4.63. The molecule has 0 heterocycles. The van der Waals surface area contributed by atoms with Crippen LogP contribution in [0.3, 0.4) is 0 Å². The first-order valence-electron chi connectivity index (χ1n) is 6.22. The molecule has 4 nitrogen and oxygen atoms in total. The van der Waals surface area contributed by atoms with E-state index in [0.717, 1.165) is 11.3 Å². The summed E-state index contributed by atoms with van der Waals surface area (Å²) in [4.78, 5) is 11.8. The van der Waals surface area contributed by atoms with E-state index >= 15 is 0 Å². The highest BCUT2D eigenvalue weighted by Gasteiger charge is 2.10. The molecule has 5 heteroatoms. The molecule has 2 rings (SSSR count). The highest BCUT2D eigenvalue weighted by Crippen LogP contribution is 2.22. The fraction of sp³-hybridized carbons (Fsp3) is 0.200. The van der Waals surface area contributed by atoms with Crippen molar-refractivity contribution < 1.29 is 4.92 Å². The predicted molar refractivity (Wildman–Crippen MR) is 83.4 cm³/mol. The van der Waals surface area contributed by atoms with Gasteiger partial charge in [-0.25, -0.2) is 0 Å². The molecule has 2 aromatic rings. The third-order valence-corrected chi connectivity index (χ3v) is 3.76. The van der Waals surface area contributed by atoms with Crippen molar-refractivity contribution in [3.05, 3.63) is 63.7 Å². The molecule has 1 N–H and O–H groups in total. The Hall–Kier alpha value is -2.01. The molecular formula is C15H16N2O2S. The lowest BCUT2D eigenvalue weighted by Crippen LogP contribution is -2.01. The molecule has 2 aromatic carbocycles. The number of anilines is 1. The van der Waals surface area contributed by atoms with Gasteiger partial charge in [0, 0.05) is 28.8 Å². The van der Waals surface area contributed by atoms with Crippen LogP contribution >= 0.6 is 11.8 Å². The van der Waals surface area contributed by atoms with Gasteiger partial charge in [-0.15, -0.1) is 11.8 Å². The molecule has 0 atom stereocenters. The number of aryl methyl sites for hydroxylation is 1. The quantitative estimate of drug-likeness (QED) is 0.508. The first-order valence-corrected chi connectivity index (χ1v) is 7.44. The first-order chi connectivity index (χ1) is 9.60. The van der Waals surface area contributed by atoms with E-state index in [1.165, 1.54) is 4.90 Å². The van der Waals surface area contributed by atoms with Gasteiger partial charge >= 0.3 is 0 Å². The highest BCUT2D eigenvalue weighted by atomic mass is 32.2. The van der Waals surface area contributed by atoms with Crippen LogP contribution in [0.5, 0.6) is 0 Å². The minimum Gasteiger partial charge on any atom is -0.381 e. The molecule has 0 amide bonds. The maximum absolute atomic E-state index is 10.9. The molecule has 0 unspecified atom stereocenters. The smallest absolute Gasteiger partial charge is 0.272 e. The van der Waals surface area contributed by atoms with Crippen LogP contribution in [-0.2, 0) is 6.54 Å². The third kappa shape index (κ3) is 3.51. The second kappa shape index (κ2) is 6.43. The lowest BCUT2D eigenvalue weighted by molar-refractivity contribution is -0.385. The Labute approximate surface area is 122 Å². The van der Waals surface area contributed by atoms with Gasteiger partial charge in [-0.05, 0) is 36.9 Å². The van der Waals surface area contributed by atoms with E-state index in [4.69, 9.17) is 0 Å². The number of rotatable bonds is 5. The second-order valence-electron chi connectivity index (χ2n) is 4.46. The fourth-order valence-corrected chi connectivity index (χ4v) is 2.36. The van der Waals surface area contributed by atoms with Crippen LogP contribution in [0.15, 0.2) is 47.4 Å². The van der Waals surface area contributed by atoms with Crippen molar-refractivity contribution in [3.63, 3.8) is 0 Å². The molecule has 0 bridgehead atoms. The summed E-state index contributed by atoms with van der Waals surface area (Å²) in [6.45, 7) is 2.32. The number of nitro benzene ring substituents is 1.